The number of amides is 1. The van der Waals surface area contributed by atoms with E-state index in [2.05, 4.69) is 15.8 Å². The Bertz CT molecular complexity index is 1610. The van der Waals surface area contributed by atoms with Gasteiger partial charge in [-0.25, -0.2) is 18.6 Å². The zero-order valence-electron chi connectivity index (χ0n) is 25.3. The van der Waals surface area contributed by atoms with Gasteiger partial charge >= 0.3 is 13.7 Å². The zero-order chi connectivity index (χ0) is 31.8. The number of ether oxygens (including phenoxy) is 1. The molecule has 0 saturated heterocycles. The van der Waals surface area contributed by atoms with Crippen molar-refractivity contribution in [2.75, 3.05) is 31.1 Å². The molecule has 3 aromatic rings. The van der Waals surface area contributed by atoms with Crippen LogP contribution in [0.15, 0.2) is 67.6 Å². The highest BCUT2D eigenvalue weighted by Crippen LogP contribution is 2.47. The number of nitrogens with one attached hydrogen (secondary N) is 2. The smallest absolute Gasteiger partial charge is 0.428 e. The molecule has 0 saturated carbocycles. The second-order valence-corrected chi connectivity index (χ2v) is 16.4. The summed E-state index contributed by atoms with van der Waals surface area (Å²) >= 11 is 2.58. The number of thiophene rings is 1. The Kier molecular flexibility index (Phi) is 12.0. The number of carbonyl (C=O) groups excluding carboxylic acids is 1. The first-order valence-corrected chi connectivity index (χ1v) is 18.7. The number of sulfone groups is 1. The predicted octanol–water partition coefficient (Wildman–Crippen LogP) is 7.77. The third-order valence-electron chi connectivity index (χ3n) is 5.72. The van der Waals surface area contributed by atoms with Gasteiger partial charge in [-0.15, -0.1) is 23.1 Å². The van der Waals surface area contributed by atoms with E-state index in [0.717, 1.165) is 22.4 Å². The molecule has 0 aliphatic carbocycles. The van der Waals surface area contributed by atoms with Crippen molar-refractivity contribution in [2.24, 2.45) is 5.10 Å². The van der Waals surface area contributed by atoms with Crippen LogP contribution in [0, 0.1) is 6.92 Å². The van der Waals surface area contributed by atoms with Gasteiger partial charge in [0, 0.05) is 10.6 Å². The van der Waals surface area contributed by atoms with Gasteiger partial charge in [0.25, 0.3) is 0 Å². The Labute approximate surface area is 262 Å². The van der Waals surface area contributed by atoms with Crippen LogP contribution < -0.4 is 10.7 Å². The highest BCUT2D eigenvalue weighted by molar-refractivity contribution is 8.01. The number of thioether (sulfide) groups is 1. The van der Waals surface area contributed by atoms with Crippen LogP contribution in [0.4, 0.5) is 10.5 Å². The largest absolute Gasteiger partial charge is 0.443 e. The molecule has 0 spiro atoms. The lowest BCUT2D eigenvalue weighted by Crippen LogP contribution is -2.29. The van der Waals surface area contributed by atoms with Gasteiger partial charge in [0.1, 0.15) is 11.9 Å². The maximum Gasteiger partial charge on any atom is 0.428 e. The first-order valence-electron chi connectivity index (χ1n) is 13.5. The van der Waals surface area contributed by atoms with Crippen LogP contribution in [0.3, 0.4) is 0 Å². The molecule has 234 valence electrons. The van der Waals surface area contributed by atoms with Crippen LogP contribution in [0.25, 0.3) is 11.1 Å². The van der Waals surface area contributed by atoms with Crippen LogP contribution in [-0.2, 0) is 28.2 Å². The summed E-state index contributed by atoms with van der Waals surface area (Å²) in [6, 6.07) is 14.0. The number of hydrazone groups is 1. The number of benzene rings is 2. The predicted molar refractivity (Wildman–Crippen MR) is 174 cm³/mol. The molecule has 0 aliphatic heterocycles. The quantitative estimate of drug-likeness (QED) is 0.0812. The first kappa shape index (κ1) is 34.8. The monoisotopic (exact) mass is 667 g/mol. The zero-order valence-corrected chi connectivity index (χ0v) is 28.6. The van der Waals surface area contributed by atoms with Gasteiger partial charge in [-0.3, -0.25) is 4.57 Å². The summed E-state index contributed by atoms with van der Waals surface area (Å²) in [5, 5.41) is 7.03. The SMILES string of the molecule is CCOP(=O)(CNc1ccc(-c2cccc(S(=O)(=O)c3cc(C=NNC(=O)OC(C)(C)C)sc3SC)c2)c(C)c1)OCC. The molecule has 0 bridgehead atoms. The van der Waals surface area contributed by atoms with E-state index in [1.807, 2.05) is 37.4 Å². The van der Waals surface area contributed by atoms with Crippen LogP contribution in [0.5, 0.6) is 0 Å². The van der Waals surface area contributed by atoms with Crippen molar-refractivity contribution >= 4 is 58.5 Å². The summed E-state index contributed by atoms with van der Waals surface area (Å²) < 4.78 is 56.8. The van der Waals surface area contributed by atoms with Crippen molar-refractivity contribution in [3.05, 3.63) is 59.0 Å². The van der Waals surface area contributed by atoms with Crippen molar-refractivity contribution in [1.82, 2.24) is 5.43 Å². The molecule has 1 amide bonds. The lowest BCUT2D eigenvalue weighted by Gasteiger charge is -2.18. The Balaban J connectivity index is 1.83. The lowest BCUT2D eigenvalue weighted by atomic mass is 10.00. The Hall–Kier alpha value is -2.67. The van der Waals surface area contributed by atoms with Crippen LogP contribution >= 0.6 is 30.7 Å². The van der Waals surface area contributed by atoms with Crippen molar-refractivity contribution in [3.8, 4) is 11.1 Å². The van der Waals surface area contributed by atoms with E-state index in [9.17, 15) is 17.8 Å². The number of hydrogen-bond acceptors (Lipinski definition) is 11. The summed E-state index contributed by atoms with van der Waals surface area (Å²) in [5.41, 5.74) is 4.87. The summed E-state index contributed by atoms with van der Waals surface area (Å²) in [6.45, 7) is 11.2. The third-order valence-corrected chi connectivity index (χ3v) is 11.8. The summed E-state index contributed by atoms with van der Waals surface area (Å²) in [6.07, 6.45) is 2.53. The Morgan fingerprint density at radius 2 is 1.79 bits per heavy atom. The fourth-order valence-corrected chi connectivity index (χ4v) is 9.34. The molecule has 14 heteroatoms. The summed E-state index contributed by atoms with van der Waals surface area (Å²) in [7, 11) is -7.13. The Morgan fingerprint density at radius 3 is 2.40 bits per heavy atom. The number of aryl methyl sites for hydroxylation is 1. The fourth-order valence-electron chi connectivity index (χ4n) is 3.98. The summed E-state index contributed by atoms with van der Waals surface area (Å²) in [4.78, 5) is 12.8. The number of rotatable bonds is 13. The van der Waals surface area contributed by atoms with E-state index in [1.165, 1.54) is 29.3 Å². The van der Waals surface area contributed by atoms with Crippen LogP contribution in [0.1, 0.15) is 45.1 Å². The van der Waals surface area contributed by atoms with Crippen molar-refractivity contribution in [1.29, 1.82) is 0 Å². The maximum atomic E-state index is 13.8. The van der Waals surface area contributed by atoms with Crippen LogP contribution in [-0.4, -0.2) is 52.1 Å². The van der Waals surface area contributed by atoms with E-state index in [1.54, 1.807) is 58.9 Å². The van der Waals surface area contributed by atoms with Crippen LogP contribution in [0.2, 0.25) is 0 Å². The van der Waals surface area contributed by atoms with Gasteiger partial charge in [0.2, 0.25) is 9.84 Å². The molecule has 1 aromatic heterocycles. The van der Waals surface area contributed by atoms with Gasteiger partial charge in [-0.05, 0) is 94.8 Å². The number of anilines is 1. The normalized spacial score (nSPS) is 12.4. The van der Waals surface area contributed by atoms with E-state index >= 15 is 0 Å². The van der Waals surface area contributed by atoms with E-state index in [4.69, 9.17) is 13.8 Å². The van der Waals surface area contributed by atoms with Gasteiger partial charge in [-0.1, -0.05) is 18.2 Å². The molecule has 43 heavy (non-hydrogen) atoms. The lowest BCUT2D eigenvalue weighted by molar-refractivity contribution is 0.0529. The molecule has 0 fully saturated rings. The van der Waals surface area contributed by atoms with Crippen molar-refractivity contribution in [3.63, 3.8) is 0 Å². The minimum absolute atomic E-state index is 0.0311. The number of nitrogens with zero attached hydrogens (tertiary/aromatic N) is 1. The van der Waals surface area contributed by atoms with E-state index < -0.39 is 29.1 Å². The molecule has 0 atom stereocenters. The maximum absolute atomic E-state index is 13.8. The highest BCUT2D eigenvalue weighted by atomic mass is 32.2. The number of hydrogen-bond donors (Lipinski definition) is 2. The standard InChI is InChI=1S/C29H38N3O7PS3/c1-8-37-40(34,38-9-2)19-30-22-13-14-25(20(3)15-22)21-11-10-12-24(16-21)43(35,36)26-17-23(42-27(26)41-7)18-31-32-28(33)39-29(4,5)6/h10-18,30H,8-9,19H2,1-7H3,(H,32,33). The third kappa shape index (κ3) is 9.66. The van der Waals surface area contributed by atoms with Gasteiger partial charge in [0.15, 0.2) is 0 Å². The molecule has 1 heterocycles. The highest BCUT2D eigenvalue weighted by Gasteiger charge is 2.25. The minimum Gasteiger partial charge on any atom is -0.443 e. The topological polar surface area (TPSA) is 132 Å². The summed E-state index contributed by atoms with van der Waals surface area (Å²) in [5.74, 6) is 0. The first-order chi connectivity index (χ1) is 20.2. The van der Waals surface area contributed by atoms with E-state index in [-0.39, 0.29) is 29.3 Å². The molecule has 0 radical (unpaired) electrons. The van der Waals surface area contributed by atoms with Crippen molar-refractivity contribution < 1.29 is 31.6 Å². The minimum atomic E-state index is -3.87. The molecule has 2 N–H and O–H groups in total. The van der Waals surface area contributed by atoms with Gasteiger partial charge < -0.3 is 19.1 Å². The van der Waals surface area contributed by atoms with Gasteiger partial charge in [-0.2, -0.15) is 5.10 Å². The fraction of sp³-hybridized carbons (Fsp3) is 0.379. The second kappa shape index (κ2) is 14.9. The average Bonchev–Trinajstić information content (AvgIpc) is 3.35. The van der Waals surface area contributed by atoms with Crippen molar-refractivity contribution in [2.45, 2.75) is 61.1 Å². The molecule has 10 nitrogen and oxygen atoms in total. The van der Waals surface area contributed by atoms with E-state index in [0.29, 0.717) is 9.09 Å². The second-order valence-electron chi connectivity index (χ2n) is 10.2. The molecule has 0 aliphatic rings. The molecule has 3 rings (SSSR count). The number of carbonyl (C=O) groups is 1. The molecule has 0 unspecified atom stereocenters. The average molecular weight is 668 g/mol. The molecule has 2 aromatic carbocycles. The molecular weight excluding hydrogens is 630 g/mol. The van der Waals surface area contributed by atoms with Gasteiger partial charge in [0.05, 0.1) is 33.4 Å². The Morgan fingerprint density at radius 1 is 1.09 bits per heavy atom. The molecular formula is C29H38N3O7PS3.